The van der Waals surface area contributed by atoms with Gasteiger partial charge in [-0.05, 0) is 17.9 Å². The Morgan fingerprint density at radius 3 is 2.96 bits per heavy atom. The Kier molecular flexibility index (Phi) is 6.06. The molecule has 5 nitrogen and oxygen atoms in total. The Hall–Kier alpha value is -1.64. The normalized spacial score (nSPS) is 10.9. The third-order valence-electron chi connectivity index (χ3n) is 3.37. The summed E-state index contributed by atoms with van der Waals surface area (Å²) in [5.41, 5.74) is 1.89. The molecule has 0 spiro atoms. The molecule has 0 atom stereocenters. The largest absolute Gasteiger partial charge is 0.300 e. The SMILES string of the molecule is CCCCCc1nnc(NC(=O)Cc2csc(-c3ccsc3)n2)s1. The molecule has 3 heterocycles. The van der Waals surface area contributed by atoms with E-state index in [2.05, 4.69) is 32.8 Å². The van der Waals surface area contributed by atoms with Crippen LogP contribution in [0.15, 0.2) is 22.2 Å². The number of carbonyl (C=O) groups is 1. The molecule has 3 rings (SSSR count). The highest BCUT2D eigenvalue weighted by Gasteiger charge is 2.12. The van der Waals surface area contributed by atoms with Gasteiger partial charge in [-0.25, -0.2) is 4.98 Å². The van der Waals surface area contributed by atoms with Gasteiger partial charge in [-0.15, -0.1) is 21.5 Å². The van der Waals surface area contributed by atoms with Crippen LogP contribution in [0.5, 0.6) is 0 Å². The molecule has 0 saturated carbocycles. The Bertz CT molecular complexity index is 779. The zero-order chi connectivity index (χ0) is 16.8. The number of thiazole rings is 1. The topological polar surface area (TPSA) is 67.8 Å². The summed E-state index contributed by atoms with van der Waals surface area (Å²) >= 11 is 4.66. The first-order chi connectivity index (χ1) is 11.7. The van der Waals surface area contributed by atoms with Gasteiger partial charge in [0, 0.05) is 22.7 Å². The van der Waals surface area contributed by atoms with Gasteiger partial charge in [0.15, 0.2) is 0 Å². The first-order valence-corrected chi connectivity index (χ1v) is 10.5. The minimum atomic E-state index is -0.103. The molecule has 126 valence electrons. The van der Waals surface area contributed by atoms with Crippen LogP contribution in [-0.4, -0.2) is 21.1 Å². The van der Waals surface area contributed by atoms with E-state index in [1.54, 1.807) is 22.7 Å². The summed E-state index contributed by atoms with van der Waals surface area (Å²) in [4.78, 5) is 16.7. The molecule has 0 aliphatic rings. The van der Waals surface area contributed by atoms with Crippen LogP contribution in [0, 0.1) is 0 Å². The number of anilines is 1. The van der Waals surface area contributed by atoms with Crippen LogP contribution < -0.4 is 5.32 Å². The van der Waals surface area contributed by atoms with Crippen LogP contribution in [0.2, 0.25) is 0 Å². The minimum absolute atomic E-state index is 0.103. The maximum atomic E-state index is 12.1. The number of amides is 1. The summed E-state index contributed by atoms with van der Waals surface area (Å²) in [6.07, 6.45) is 4.67. The molecular weight excluding hydrogens is 360 g/mol. The van der Waals surface area contributed by atoms with E-state index in [1.807, 2.05) is 16.8 Å². The molecule has 0 radical (unpaired) electrons. The lowest BCUT2D eigenvalue weighted by Crippen LogP contribution is -2.14. The Balaban J connectivity index is 1.52. The van der Waals surface area contributed by atoms with E-state index in [4.69, 9.17) is 0 Å². The molecular formula is C16H18N4OS3. The van der Waals surface area contributed by atoms with E-state index in [1.165, 1.54) is 24.2 Å². The highest BCUT2D eigenvalue weighted by Crippen LogP contribution is 2.26. The zero-order valence-corrected chi connectivity index (χ0v) is 15.8. The third-order valence-corrected chi connectivity index (χ3v) is 5.89. The minimum Gasteiger partial charge on any atom is -0.300 e. The van der Waals surface area contributed by atoms with Gasteiger partial charge in [-0.2, -0.15) is 11.3 Å². The van der Waals surface area contributed by atoms with Gasteiger partial charge in [0.2, 0.25) is 11.0 Å². The number of aromatic nitrogens is 3. The quantitative estimate of drug-likeness (QED) is 0.580. The van der Waals surface area contributed by atoms with Gasteiger partial charge in [0.25, 0.3) is 0 Å². The monoisotopic (exact) mass is 378 g/mol. The van der Waals surface area contributed by atoms with Crippen LogP contribution in [0.1, 0.15) is 36.9 Å². The van der Waals surface area contributed by atoms with Crippen LogP contribution in [0.4, 0.5) is 5.13 Å². The van der Waals surface area contributed by atoms with Crippen LogP contribution in [-0.2, 0) is 17.6 Å². The van der Waals surface area contributed by atoms with Crippen molar-refractivity contribution in [1.29, 1.82) is 0 Å². The molecule has 3 aromatic rings. The van der Waals surface area contributed by atoms with Crippen molar-refractivity contribution in [3.05, 3.63) is 32.9 Å². The predicted molar refractivity (Wildman–Crippen MR) is 101 cm³/mol. The summed E-state index contributed by atoms with van der Waals surface area (Å²) in [7, 11) is 0. The number of thiophene rings is 1. The average molecular weight is 379 g/mol. The molecule has 0 unspecified atom stereocenters. The maximum Gasteiger partial charge on any atom is 0.232 e. The summed E-state index contributed by atoms with van der Waals surface area (Å²) in [6, 6.07) is 2.04. The van der Waals surface area contributed by atoms with Crippen LogP contribution in [0.25, 0.3) is 10.6 Å². The van der Waals surface area contributed by atoms with Crippen molar-refractivity contribution in [3.63, 3.8) is 0 Å². The highest BCUT2D eigenvalue weighted by molar-refractivity contribution is 7.15. The molecule has 1 amide bonds. The fraction of sp³-hybridized carbons (Fsp3) is 0.375. The Morgan fingerprint density at radius 1 is 1.25 bits per heavy atom. The highest BCUT2D eigenvalue weighted by atomic mass is 32.1. The van der Waals surface area contributed by atoms with E-state index in [9.17, 15) is 4.79 Å². The number of nitrogens with one attached hydrogen (secondary N) is 1. The zero-order valence-electron chi connectivity index (χ0n) is 13.3. The summed E-state index contributed by atoms with van der Waals surface area (Å²) in [6.45, 7) is 2.17. The standard InChI is InChI=1S/C16H18N4OS3/c1-2-3-4-5-14-19-20-16(24-14)18-13(21)8-12-10-23-15(17-12)11-6-7-22-9-11/h6-7,9-10H,2-5,8H2,1H3,(H,18,20,21). The van der Waals surface area contributed by atoms with E-state index >= 15 is 0 Å². The molecule has 0 aliphatic carbocycles. The lowest BCUT2D eigenvalue weighted by molar-refractivity contribution is -0.115. The van der Waals surface area contributed by atoms with Gasteiger partial charge in [0.1, 0.15) is 10.0 Å². The predicted octanol–water partition coefficient (Wildman–Crippen LogP) is 4.64. The number of aryl methyl sites for hydroxylation is 1. The van der Waals surface area contributed by atoms with Gasteiger partial charge in [-0.1, -0.05) is 31.1 Å². The van der Waals surface area contributed by atoms with Crippen molar-refractivity contribution in [1.82, 2.24) is 15.2 Å². The smallest absolute Gasteiger partial charge is 0.232 e. The summed E-state index contributed by atoms with van der Waals surface area (Å²) < 4.78 is 0. The van der Waals surface area contributed by atoms with Crippen molar-refractivity contribution in [2.24, 2.45) is 0 Å². The molecule has 3 aromatic heterocycles. The first kappa shape index (κ1) is 17.2. The van der Waals surface area contributed by atoms with Crippen LogP contribution >= 0.6 is 34.0 Å². The van der Waals surface area contributed by atoms with Gasteiger partial charge in [-0.3, -0.25) is 4.79 Å². The molecule has 0 fully saturated rings. The third kappa shape index (κ3) is 4.68. The van der Waals surface area contributed by atoms with E-state index < -0.39 is 0 Å². The fourth-order valence-electron chi connectivity index (χ4n) is 2.17. The van der Waals surface area contributed by atoms with Crippen molar-refractivity contribution in [2.45, 2.75) is 39.0 Å². The van der Waals surface area contributed by atoms with E-state index in [0.29, 0.717) is 5.13 Å². The second-order valence-corrected chi connectivity index (χ2v) is 8.04. The molecule has 0 bridgehead atoms. The average Bonchev–Trinajstić information content (AvgIpc) is 3.28. The number of hydrogen-bond donors (Lipinski definition) is 1. The number of hydrogen-bond acceptors (Lipinski definition) is 7. The molecule has 0 aliphatic heterocycles. The molecule has 24 heavy (non-hydrogen) atoms. The summed E-state index contributed by atoms with van der Waals surface area (Å²) in [5.74, 6) is -0.103. The van der Waals surface area contributed by atoms with Gasteiger partial charge >= 0.3 is 0 Å². The van der Waals surface area contributed by atoms with Gasteiger partial charge in [0.05, 0.1) is 12.1 Å². The van der Waals surface area contributed by atoms with Crippen LogP contribution in [0.3, 0.4) is 0 Å². The van der Waals surface area contributed by atoms with Crippen molar-refractivity contribution in [3.8, 4) is 10.6 Å². The van der Waals surface area contributed by atoms with Crippen molar-refractivity contribution >= 4 is 45.0 Å². The maximum absolute atomic E-state index is 12.1. The Morgan fingerprint density at radius 2 is 2.17 bits per heavy atom. The second kappa shape index (κ2) is 8.46. The molecule has 0 saturated heterocycles. The number of nitrogens with zero attached hydrogens (tertiary/aromatic N) is 3. The molecule has 1 N–H and O–H groups in total. The number of unbranched alkanes of at least 4 members (excludes halogenated alkanes) is 2. The molecule has 0 aromatic carbocycles. The van der Waals surface area contributed by atoms with Gasteiger partial charge < -0.3 is 5.32 Å². The second-order valence-electron chi connectivity index (χ2n) is 5.34. The van der Waals surface area contributed by atoms with Crippen molar-refractivity contribution < 1.29 is 4.79 Å². The first-order valence-electron chi connectivity index (χ1n) is 7.84. The Labute approximate surface area is 152 Å². The van der Waals surface area contributed by atoms with E-state index in [-0.39, 0.29) is 12.3 Å². The lowest BCUT2D eigenvalue weighted by atomic mass is 10.2. The lowest BCUT2D eigenvalue weighted by Gasteiger charge is -1.98. The summed E-state index contributed by atoms with van der Waals surface area (Å²) in [5, 5.41) is 19.5. The number of carbonyl (C=O) groups excluding carboxylic acids is 1. The van der Waals surface area contributed by atoms with E-state index in [0.717, 1.165) is 34.1 Å². The van der Waals surface area contributed by atoms with Crippen molar-refractivity contribution in [2.75, 3.05) is 5.32 Å². The fourth-order valence-corrected chi connectivity index (χ4v) is 4.50. The number of rotatable bonds is 8. The molecule has 8 heteroatoms.